The smallest absolute Gasteiger partial charge is 0.449 e. The van der Waals surface area contributed by atoms with Gasteiger partial charge in [-0.15, -0.1) is 0 Å². The number of halogens is 1. The zero-order valence-corrected chi connectivity index (χ0v) is 7.30. The van der Waals surface area contributed by atoms with Gasteiger partial charge in [0, 0.05) is 5.56 Å². The fourth-order valence-electron chi connectivity index (χ4n) is 0.983. The maximum Gasteiger partial charge on any atom is 0.511 e. The molecule has 70 valence electrons. The lowest BCUT2D eigenvalue weighted by molar-refractivity contribution is 0.144. The van der Waals surface area contributed by atoms with E-state index < -0.39 is 12.0 Å². The molecule has 0 aromatic heterocycles. The molecular weight excluding hydrogens is 175 g/mol. The number of carbonyl (C=O) groups is 1. The Morgan fingerprint density at radius 2 is 2.08 bits per heavy atom. The number of ether oxygens (including phenoxy) is 1. The number of hydrogen-bond acceptors (Lipinski definition) is 2. The lowest BCUT2D eigenvalue weighted by Gasteiger charge is -2.05. The minimum atomic E-state index is -1.44. The van der Waals surface area contributed by atoms with Gasteiger partial charge in [-0.3, -0.25) is 0 Å². The van der Waals surface area contributed by atoms with Gasteiger partial charge in [0.1, 0.15) is 11.6 Å². The van der Waals surface area contributed by atoms with Crippen LogP contribution in [0.1, 0.15) is 11.1 Å². The van der Waals surface area contributed by atoms with E-state index in [0.717, 1.165) is 0 Å². The fraction of sp³-hybridized carbons (Fsp3) is 0.222. The quantitative estimate of drug-likeness (QED) is 0.538. The van der Waals surface area contributed by atoms with Crippen molar-refractivity contribution in [1.82, 2.24) is 0 Å². The second kappa shape index (κ2) is 3.43. The molecule has 0 spiro atoms. The van der Waals surface area contributed by atoms with Gasteiger partial charge < -0.3 is 9.84 Å². The summed E-state index contributed by atoms with van der Waals surface area (Å²) in [5.41, 5.74) is 0.826. The molecule has 0 aliphatic heterocycles. The summed E-state index contributed by atoms with van der Waals surface area (Å²) in [6.45, 7) is 3.13. The Morgan fingerprint density at radius 3 is 2.62 bits per heavy atom. The van der Waals surface area contributed by atoms with Crippen molar-refractivity contribution in [2.75, 3.05) is 0 Å². The van der Waals surface area contributed by atoms with Crippen molar-refractivity contribution in [3.63, 3.8) is 0 Å². The first kappa shape index (κ1) is 9.51. The molecule has 0 amide bonds. The summed E-state index contributed by atoms with van der Waals surface area (Å²) in [5, 5.41) is 8.33. The van der Waals surface area contributed by atoms with Crippen LogP contribution in [-0.4, -0.2) is 11.3 Å². The Hall–Kier alpha value is -1.58. The average molecular weight is 184 g/mol. The van der Waals surface area contributed by atoms with Crippen LogP contribution in [0.5, 0.6) is 5.75 Å². The highest BCUT2D eigenvalue weighted by atomic mass is 19.1. The highest BCUT2D eigenvalue weighted by Gasteiger charge is 2.09. The van der Waals surface area contributed by atoms with Crippen LogP contribution in [0.3, 0.4) is 0 Å². The number of hydrogen-bond donors (Lipinski definition) is 1. The van der Waals surface area contributed by atoms with Gasteiger partial charge in [0.15, 0.2) is 0 Å². The van der Waals surface area contributed by atoms with Gasteiger partial charge in [-0.05, 0) is 31.5 Å². The molecule has 0 unspecified atom stereocenters. The number of aryl methyl sites for hydroxylation is 1. The van der Waals surface area contributed by atoms with E-state index in [2.05, 4.69) is 4.74 Å². The van der Waals surface area contributed by atoms with Gasteiger partial charge >= 0.3 is 6.16 Å². The highest BCUT2D eigenvalue weighted by Crippen LogP contribution is 2.22. The lowest BCUT2D eigenvalue weighted by atomic mass is 10.1. The van der Waals surface area contributed by atoms with Crippen LogP contribution in [-0.2, 0) is 0 Å². The standard InChI is InChI=1S/C9H9FO3/c1-5-3-7(10)6(2)8(4-5)13-9(11)12/h3-4H,1-2H3,(H,11,12). The van der Waals surface area contributed by atoms with E-state index in [1.165, 1.54) is 19.1 Å². The predicted octanol–water partition coefficient (Wildman–Crippen LogP) is 2.50. The van der Waals surface area contributed by atoms with Crippen LogP contribution in [0, 0.1) is 19.7 Å². The van der Waals surface area contributed by atoms with E-state index in [1.54, 1.807) is 6.92 Å². The molecule has 1 N–H and O–H groups in total. The first-order valence-electron chi connectivity index (χ1n) is 3.68. The Bertz CT molecular complexity index is 347. The van der Waals surface area contributed by atoms with Gasteiger partial charge in [-0.1, -0.05) is 0 Å². The van der Waals surface area contributed by atoms with Gasteiger partial charge in [0.05, 0.1) is 0 Å². The topological polar surface area (TPSA) is 46.5 Å². The van der Waals surface area contributed by atoms with Crippen molar-refractivity contribution in [3.8, 4) is 5.75 Å². The fourth-order valence-corrected chi connectivity index (χ4v) is 0.983. The first-order chi connectivity index (χ1) is 6.00. The molecule has 13 heavy (non-hydrogen) atoms. The van der Waals surface area contributed by atoms with Crippen molar-refractivity contribution >= 4 is 6.16 Å². The van der Waals surface area contributed by atoms with Gasteiger partial charge in [0.2, 0.25) is 0 Å². The normalized spacial score (nSPS) is 9.77. The number of benzene rings is 1. The third-order valence-corrected chi connectivity index (χ3v) is 1.64. The largest absolute Gasteiger partial charge is 0.511 e. The summed E-state index contributed by atoms with van der Waals surface area (Å²) in [5.74, 6) is -0.416. The van der Waals surface area contributed by atoms with E-state index in [4.69, 9.17) is 5.11 Å². The van der Waals surface area contributed by atoms with Crippen molar-refractivity contribution < 1.29 is 19.0 Å². The third-order valence-electron chi connectivity index (χ3n) is 1.64. The van der Waals surface area contributed by atoms with E-state index >= 15 is 0 Å². The summed E-state index contributed by atoms with van der Waals surface area (Å²) in [7, 11) is 0. The Labute approximate surface area is 74.8 Å². The number of carboxylic acid groups (broad SMARTS) is 1. The molecule has 1 aromatic carbocycles. The molecule has 4 heteroatoms. The Morgan fingerprint density at radius 1 is 1.46 bits per heavy atom. The maximum atomic E-state index is 13.0. The van der Waals surface area contributed by atoms with Gasteiger partial charge in [0.25, 0.3) is 0 Å². The van der Waals surface area contributed by atoms with Crippen LogP contribution in [0.2, 0.25) is 0 Å². The summed E-state index contributed by atoms with van der Waals surface area (Å²) >= 11 is 0. The molecular formula is C9H9FO3. The van der Waals surface area contributed by atoms with Crippen LogP contribution < -0.4 is 4.74 Å². The molecule has 0 saturated carbocycles. The minimum absolute atomic E-state index is 0.0463. The van der Waals surface area contributed by atoms with Crippen LogP contribution in [0.15, 0.2) is 12.1 Å². The molecule has 0 heterocycles. The van der Waals surface area contributed by atoms with Gasteiger partial charge in [-0.25, -0.2) is 9.18 Å². The molecule has 0 atom stereocenters. The van der Waals surface area contributed by atoms with Crippen LogP contribution >= 0.6 is 0 Å². The second-order valence-corrected chi connectivity index (χ2v) is 2.74. The van der Waals surface area contributed by atoms with Crippen molar-refractivity contribution in [1.29, 1.82) is 0 Å². The molecule has 1 aromatic rings. The van der Waals surface area contributed by atoms with Crippen LogP contribution in [0.4, 0.5) is 9.18 Å². The van der Waals surface area contributed by atoms with E-state index in [1.807, 2.05) is 0 Å². The third kappa shape index (κ3) is 2.18. The molecule has 0 radical (unpaired) electrons. The van der Waals surface area contributed by atoms with Crippen molar-refractivity contribution in [2.24, 2.45) is 0 Å². The predicted molar refractivity (Wildman–Crippen MR) is 44.5 cm³/mol. The van der Waals surface area contributed by atoms with E-state index in [0.29, 0.717) is 5.56 Å². The zero-order chi connectivity index (χ0) is 10.0. The molecule has 1 rings (SSSR count). The van der Waals surface area contributed by atoms with Gasteiger partial charge in [-0.2, -0.15) is 0 Å². The highest BCUT2D eigenvalue weighted by molar-refractivity contribution is 5.62. The molecule has 3 nitrogen and oxygen atoms in total. The van der Waals surface area contributed by atoms with Crippen molar-refractivity contribution in [3.05, 3.63) is 29.1 Å². The summed E-state index contributed by atoms with van der Waals surface area (Å²) in [6.07, 6.45) is -1.44. The van der Waals surface area contributed by atoms with Crippen LogP contribution in [0.25, 0.3) is 0 Å². The molecule has 0 fully saturated rings. The van der Waals surface area contributed by atoms with E-state index in [9.17, 15) is 9.18 Å². The van der Waals surface area contributed by atoms with Crippen molar-refractivity contribution in [2.45, 2.75) is 13.8 Å². The summed E-state index contributed by atoms with van der Waals surface area (Å²) in [6, 6.07) is 2.80. The Kier molecular flexibility index (Phi) is 2.51. The monoisotopic (exact) mass is 184 g/mol. The molecule has 0 aliphatic carbocycles. The molecule has 0 saturated heterocycles. The van der Waals surface area contributed by atoms with E-state index in [-0.39, 0.29) is 11.3 Å². The summed E-state index contributed by atoms with van der Waals surface area (Å²) < 4.78 is 17.4. The zero-order valence-electron chi connectivity index (χ0n) is 7.30. The average Bonchev–Trinajstić information content (AvgIpc) is 1.98. The maximum absolute atomic E-state index is 13.0. The summed E-state index contributed by atoms with van der Waals surface area (Å²) in [4.78, 5) is 10.2. The molecule has 0 aliphatic rings. The lowest BCUT2D eigenvalue weighted by Crippen LogP contribution is -2.05. The minimum Gasteiger partial charge on any atom is -0.449 e. The Balaban J connectivity index is 3.12. The SMILES string of the molecule is Cc1cc(F)c(C)c(OC(=O)O)c1. The second-order valence-electron chi connectivity index (χ2n) is 2.74. The molecule has 0 bridgehead atoms. The number of rotatable bonds is 1. The first-order valence-corrected chi connectivity index (χ1v) is 3.68.